The third kappa shape index (κ3) is 4.72. The van der Waals surface area contributed by atoms with E-state index in [1.165, 1.54) is 12.8 Å². The standard InChI is InChI=1S/C15H25N3O2/c1-4-19-7-8-20-14-10-17-15(11(2)3)18-13(14)9-16-12-5-6-12/h10-12,16H,4-9H2,1-3H3. The lowest BCUT2D eigenvalue weighted by Gasteiger charge is -2.13. The predicted molar refractivity (Wildman–Crippen MR) is 78.0 cm³/mol. The molecule has 0 aromatic carbocycles. The summed E-state index contributed by atoms with van der Waals surface area (Å²) >= 11 is 0. The van der Waals surface area contributed by atoms with E-state index in [9.17, 15) is 0 Å². The van der Waals surface area contributed by atoms with Gasteiger partial charge in [0.15, 0.2) is 5.75 Å². The van der Waals surface area contributed by atoms with Crippen molar-refractivity contribution in [3.05, 3.63) is 17.7 Å². The Morgan fingerprint density at radius 2 is 2.15 bits per heavy atom. The summed E-state index contributed by atoms with van der Waals surface area (Å²) in [4.78, 5) is 9.01. The van der Waals surface area contributed by atoms with Crippen LogP contribution in [-0.2, 0) is 11.3 Å². The van der Waals surface area contributed by atoms with Gasteiger partial charge in [-0.2, -0.15) is 0 Å². The molecule has 1 aliphatic carbocycles. The minimum absolute atomic E-state index is 0.326. The van der Waals surface area contributed by atoms with Gasteiger partial charge >= 0.3 is 0 Å². The maximum absolute atomic E-state index is 5.74. The summed E-state index contributed by atoms with van der Waals surface area (Å²) in [5.74, 6) is 1.96. The quantitative estimate of drug-likeness (QED) is 0.703. The summed E-state index contributed by atoms with van der Waals surface area (Å²) in [6.07, 6.45) is 4.32. The van der Waals surface area contributed by atoms with Crippen molar-refractivity contribution in [3.8, 4) is 5.75 Å². The molecule has 0 radical (unpaired) electrons. The molecular formula is C15H25N3O2. The molecule has 0 bridgehead atoms. The average molecular weight is 279 g/mol. The van der Waals surface area contributed by atoms with E-state index in [1.54, 1.807) is 6.20 Å². The van der Waals surface area contributed by atoms with Crippen LogP contribution in [0, 0.1) is 0 Å². The first-order chi connectivity index (χ1) is 9.70. The summed E-state index contributed by atoms with van der Waals surface area (Å²) in [5.41, 5.74) is 0.951. The van der Waals surface area contributed by atoms with Crippen LogP contribution in [-0.4, -0.2) is 35.8 Å². The van der Waals surface area contributed by atoms with Crippen molar-refractivity contribution in [1.29, 1.82) is 0 Å². The number of nitrogens with zero attached hydrogens (tertiary/aromatic N) is 2. The number of rotatable bonds is 9. The molecule has 0 aliphatic heterocycles. The average Bonchev–Trinajstić information content (AvgIpc) is 3.26. The molecule has 1 aromatic heterocycles. The lowest BCUT2D eigenvalue weighted by atomic mass is 10.2. The molecule has 112 valence electrons. The fourth-order valence-electron chi connectivity index (χ4n) is 1.83. The molecule has 0 saturated heterocycles. The van der Waals surface area contributed by atoms with E-state index in [4.69, 9.17) is 9.47 Å². The molecule has 0 atom stereocenters. The van der Waals surface area contributed by atoms with Gasteiger partial charge in [-0.15, -0.1) is 0 Å². The summed E-state index contributed by atoms with van der Waals surface area (Å²) in [6, 6.07) is 0.656. The fourth-order valence-corrected chi connectivity index (χ4v) is 1.83. The minimum Gasteiger partial charge on any atom is -0.488 e. The van der Waals surface area contributed by atoms with Crippen LogP contribution in [0.3, 0.4) is 0 Å². The SMILES string of the molecule is CCOCCOc1cnc(C(C)C)nc1CNC1CC1. The Bertz CT molecular complexity index is 420. The van der Waals surface area contributed by atoms with Crippen LogP contribution in [0.1, 0.15) is 51.0 Å². The van der Waals surface area contributed by atoms with E-state index < -0.39 is 0 Å². The van der Waals surface area contributed by atoms with Gasteiger partial charge in [-0.25, -0.2) is 9.97 Å². The number of aromatic nitrogens is 2. The first-order valence-corrected chi connectivity index (χ1v) is 7.50. The smallest absolute Gasteiger partial charge is 0.160 e. The topological polar surface area (TPSA) is 56.3 Å². The van der Waals surface area contributed by atoms with Gasteiger partial charge in [0.05, 0.1) is 18.5 Å². The van der Waals surface area contributed by atoms with E-state index in [1.807, 2.05) is 6.92 Å². The molecule has 1 saturated carbocycles. The summed E-state index contributed by atoms with van der Waals surface area (Å²) < 4.78 is 11.0. The van der Waals surface area contributed by atoms with Crippen molar-refractivity contribution in [2.45, 2.75) is 52.1 Å². The lowest BCUT2D eigenvalue weighted by Crippen LogP contribution is -2.19. The van der Waals surface area contributed by atoms with E-state index in [-0.39, 0.29) is 0 Å². The monoisotopic (exact) mass is 279 g/mol. The van der Waals surface area contributed by atoms with Crippen LogP contribution in [0.25, 0.3) is 0 Å². The van der Waals surface area contributed by atoms with Crippen molar-refractivity contribution in [2.24, 2.45) is 0 Å². The highest BCUT2D eigenvalue weighted by molar-refractivity contribution is 5.25. The van der Waals surface area contributed by atoms with Crippen molar-refractivity contribution in [3.63, 3.8) is 0 Å². The largest absolute Gasteiger partial charge is 0.488 e. The van der Waals surface area contributed by atoms with Crippen LogP contribution in [0.2, 0.25) is 0 Å². The highest BCUT2D eigenvalue weighted by atomic mass is 16.5. The van der Waals surface area contributed by atoms with Gasteiger partial charge in [0.1, 0.15) is 12.4 Å². The fraction of sp³-hybridized carbons (Fsp3) is 0.733. The second-order valence-corrected chi connectivity index (χ2v) is 5.39. The summed E-state index contributed by atoms with van der Waals surface area (Å²) in [6.45, 7) is 8.77. The Morgan fingerprint density at radius 1 is 1.35 bits per heavy atom. The van der Waals surface area contributed by atoms with E-state index in [0.29, 0.717) is 31.8 Å². The number of ether oxygens (including phenoxy) is 2. The van der Waals surface area contributed by atoms with Gasteiger partial charge in [0.25, 0.3) is 0 Å². The maximum Gasteiger partial charge on any atom is 0.160 e. The lowest BCUT2D eigenvalue weighted by molar-refractivity contribution is 0.109. The minimum atomic E-state index is 0.326. The van der Waals surface area contributed by atoms with Gasteiger partial charge in [-0.1, -0.05) is 13.8 Å². The number of hydrogen-bond donors (Lipinski definition) is 1. The maximum atomic E-state index is 5.74. The zero-order chi connectivity index (χ0) is 14.4. The Hall–Kier alpha value is -1.20. The molecule has 1 heterocycles. The summed E-state index contributed by atoms with van der Waals surface area (Å²) in [7, 11) is 0. The molecule has 1 aliphatic rings. The van der Waals surface area contributed by atoms with Crippen LogP contribution in [0.5, 0.6) is 5.75 Å². The molecule has 2 rings (SSSR count). The van der Waals surface area contributed by atoms with Crippen molar-refractivity contribution >= 4 is 0 Å². The van der Waals surface area contributed by atoms with Gasteiger partial charge in [-0.05, 0) is 19.8 Å². The van der Waals surface area contributed by atoms with Crippen LogP contribution >= 0.6 is 0 Å². The van der Waals surface area contributed by atoms with Crippen LogP contribution in [0.4, 0.5) is 0 Å². The molecule has 0 amide bonds. The Labute approximate surface area is 121 Å². The normalized spacial score (nSPS) is 14.8. The molecule has 1 aromatic rings. The van der Waals surface area contributed by atoms with Crippen molar-refractivity contribution in [2.75, 3.05) is 19.8 Å². The predicted octanol–water partition coefficient (Wildman–Crippen LogP) is 2.27. The molecule has 20 heavy (non-hydrogen) atoms. The first-order valence-electron chi connectivity index (χ1n) is 7.50. The highest BCUT2D eigenvalue weighted by Gasteiger charge is 2.21. The molecule has 0 spiro atoms. The van der Waals surface area contributed by atoms with Gasteiger partial charge in [-0.3, -0.25) is 0 Å². The second-order valence-electron chi connectivity index (χ2n) is 5.39. The molecule has 5 nitrogen and oxygen atoms in total. The molecule has 0 unspecified atom stereocenters. The first kappa shape index (κ1) is 15.2. The Balaban J connectivity index is 1.98. The van der Waals surface area contributed by atoms with Crippen LogP contribution in [0.15, 0.2) is 6.20 Å². The Morgan fingerprint density at radius 3 is 2.80 bits per heavy atom. The third-order valence-electron chi connectivity index (χ3n) is 3.19. The third-order valence-corrected chi connectivity index (χ3v) is 3.19. The van der Waals surface area contributed by atoms with Gasteiger partial charge in [0, 0.05) is 25.1 Å². The molecule has 1 N–H and O–H groups in total. The number of nitrogens with one attached hydrogen (secondary N) is 1. The van der Waals surface area contributed by atoms with Gasteiger partial charge < -0.3 is 14.8 Å². The summed E-state index contributed by atoms with van der Waals surface area (Å²) in [5, 5.41) is 3.48. The van der Waals surface area contributed by atoms with Crippen molar-refractivity contribution in [1.82, 2.24) is 15.3 Å². The highest BCUT2D eigenvalue weighted by Crippen LogP contribution is 2.22. The zero-order valence-corrected chi connectivity index (χ0v) is 12.7. The van der Waals surface area contributed by atoms with E-state index in [0.717, 1.165) is 23.8 Å². The van der Waals surface area contributed by atoms with Gasteiger partial charge in [0.2, 0.25) is 0 Å². The molecular weight excluding hydrogens is 254 g/mol. The number of hydrogen-bond acceptors (Lipinski definition) is 5. The van der Waals surface area contributed by atoms with Crippen molar-refractivity contribution < 1.29 is 9.47 Å². The Kier molecular flexibility index (Phi) is 5.73. The van der Waals surface area contributed by atoms with Crippen LogP contribution < -0.4 is 10.1 Å². The van der Waals surface area contributed by atoms with E-state index in [2.05, 4.69) is 29.1 Å². The zero-order valence-electron chi connectivity index (χ0n) is 12.7. The second kappa shape index (κ2) is 7.55. The molecule has 1 fully saturated rings. The van der Waals surface area contributed by atoms with E-state index >= 15 is 0 Å². The molecule has 5 heteroatoms.